The van der Waals surface area contributed by atoms with E-state index in [9.17, 15) is 9.18 Å². The molecule has 0 radical (unpaired) electrons. The van der Waals surface area contributed by atoms with Gasteiger partial charge in [-0.05, 0) is 35.9 Å². The predicted molar refractivity (Wildman–Crippen MR) is 118 cm³/mol. The Labute approximate surface area is 188 Å². The van der Waals surface area contributed by atoms with Crippen molar-refractivity contribution in [2.75, 3.05) is 26.6 Å². The van der Waals surface area contributed by atoms with Gasteiger partial charge in [0.1, 0.15) is 18.1 Å². The molecule has 0 saturated carbocycles. The highest BCUT2D eigenvalue weighted by molar-refractivity contribution is 6.36. The number of nitrogen functional groups attached to an aromatic ring is 1. The molecule has 0 aliphatic rings. The molecule has 2 N–H and O–H groups in total. The summed E-state index contributed by atoms with van der Waals surface area (Å²) >= 11 is 12.1. The number of carbonyl (C=O) groups is 1. The second-order valence-corrected chi connectivity index (χ2v) is 7.25. The quantitative estimate of drug-likeness (QED) is 0.461. The lowest BCUT2D eigenvalue weighted by Gasteiger charge is -2.12. The van der Waals surface area contributed by atoms with Crippen LogP contribution in [-0.4, -0.2) is 31.6 Å². The molecule has 1 aromatic heterocycles. The summed E-state index contributed by atoms with van der Waals surface area (Å²) in [4.78, 5) is 16.9. The van der Waals surface area contributed by atoms with Crippen molar-refractivity contribution in [3.8, 4) is 22.8 Å². The number of benzene rings is 2. The van der Waals surface area contributed by atoms with Crippen LogP contribution < -0.4 is 15.2 Å². The van der Waals surface area contributed by atoms with Crippen LogP contribution in [0.1, 0.15) is 16.1 Å². The van der Waals surface area contributed by atoms with Gasteiger partial charge >= 0.3 is 0 Å². The molecular formula is C22H19Cl2FN2O4. The fourth-order valence-electron chi connectivity index (χ4n) is 2.84. The zero-order valence-corrected chi connectivity index (χ0v) is 18.3. The number of methoxy groups -OCH3 is 2. The Kier molecular flexibility index (Phi) is 7.33. The smallest absolute Gasteiger partial charge is 0.208 e. The topological polar surface area (TPSA) is 83.7 Å². The van der Waals surface area contributed by atoms with E-state index in [1.54, 1.807) is 19.2 Å². The van der Waals surface area contributed by atoms with Gasteiger partial charge in [-0.15, -0.1) is 0 Å². The standard InChI is InChI=1S/C22H19Cl2FN2O4/c1-29-13-5-3-12(4-6-13)10-31-11-18(28)21-19(24)16(26)9-17(27-21)14-7-8-15(23)22(30-2)20(14)25/h3-9H,10-11H2,1-2H3,(H2,26,27). The summed E-state index contributed by atoms with van der Waals surface area (Å²) in [5.41, 5.74) is 6.95. The van der Waals surface area contributed by atoms with E-state index in [-0.39, 0.29) is 51.6 Å². The highest BCUT2D eigenvalue weighted by atomic mass is 35.5. The number of Topliss-reactive ketones (excluding diaryl/α,β-unsaturated/α-hetero) is 1. The molecule has 0 saturated heterocycles. The molecule has 162 valence electrons. The van der Waals surface area contributed by atoms with Crippen LogP contribution in [-0.2, 0) is 11.3 Å². The lowest BCUT2D eigenvalue weighted by Crippen LogP contribution is -2.13. The number of anilines is 1. The van der Waals surface area contributed by atoms with E-state index in [1.807, 2.05) is 12.1 Å². The SMILES string of the molecule is COc1ccc(COCC(=O)c2nc(-c3ccc(Cl)c(OC)c3F)cc(N)c2Cl)cc1. The number of pyridine rings is 1. The number of nitrogens with two attached hydrogens (primary N) is 1. The number of rotatable bonds is 8. The second-order valence-electron chi connectivity index (χ2n) is 6.47. The molecule has 2 aromatic carbocycles. The summed E-state index contributed by atoms with van der Waals surface area (Å²) in [6.45, 7) is -0.0837. The summed E-state index contributed by atoms with van der Waals surface area (Å²) in [7, 11) is 2.87. The van der Waals surface area contributed by atoms with Crippen molar-refractivity contribution in [3.63, 3.8) is 0 Å². The molecule has 1 heterocycles. The van der Waals surface area contributed by atoms with Crippen molar-refractivity contribution in [1.82, 2.24) is 4.98 Å². The first-order valence-corrected chi connectivity index (χ1v) is 9.83. The second kappa shape index (κ2) is 9.96. The summed E-state index contributed by atoms with van der Waals surface area (Å²) < 4.78 is 30.4. The monoisotopic (exact) mass is 464 g/mol. The number of ketones is 1. The van der Waals surface area contributed by atoms with E-state index >= 15 is 0 Å². The average Bonchev–Trinajstić information content (AvgIpc) is 2.76. The van der Waals surface area contributed by atoms with Crippen LogP contribution in [0.2, 0.25) is 10.0 Å². The molecule has 0 fully saturated rings. The zero-order valence-electron chi connectivity index (χ0n) is 16.7. The maximum atomic E-state index is 14.8. The molecule has 0 unspecified atom stereocenters. The molecule has 9 heteroatoms. The number of ether oxygens (including phenoxy) is 3. The zero-order chi connectivity index (χ0) is 22.5. The largest absolute Gasteiger partial charge is 0.497 e. The van der Waals surface area contributed by atoms with Crippen LogP contribution in [0.15, 0.2) is 42.5 Å². The lowest BCUT2D eigenvalue weighted by molar-refractivity contribution is 0.0722. The van der Waals surface area contributed by atoms with E-state index in [0.29, 0.717) is 5.75 Å². The molecule has 0 spiro atoms. The van der Waals surface area contributed by atoms with Crippen LogP contribution in [0.25, 0.3) is 11.3 Å². The number of aromatic nitrogens is 1. The Bertz CT molecular complexity index is 1110. The first kappa shape index (κ1) is 22.8. The van der Waals surface area contributed by atoms with Crippen molar-refractivity contribution in [2.24, 2.45) is 0 Å². The number of halogens is 3. The van der Waals surface area contributed by atoms with Gasteiger partial charge in [-0.3, -0.25) is 4.79 Å². The van der Waals surface area contributed by atoms with Crippen LogP contribution in [0, 0.1) is 5.82 Å². The van der Waals surface area contributed by atoms with Crippen LogP contribution in [0.5, 0.6) is 11.5 Å². The van der Waals surface area contributed by atoms with Crippen LogP contribution in [0.4, 0.5) is 10.1 Å². The van der Waals surface area contributed by atoms with Gasteiger partial charge in [-0.2, -0.15) is 0 Å². The van der Waals surface area contributed by atoms with Crippen LogP contribution >= 0.6 is 23.2 Å². The molecule has 6 nitrogen and oxygen atoms in total. The first-order chi connectivity index (χ1) is 14.8. The van der Waals surface area contributed by atoms with Crippen molar-refractivity contribution in [1.29, 1.82) is 0 Å². The molecule has 0 aliphatic heterocycles. The Morgan fingerprint density at radius 2 is 1.81 bits per heavy atom. The van der Waals surface area contributed by atoms with Crippen molar-refractivity contribution in [2.45, 2.75) is 6.61 Å². The third kappa shape index (κ3) is 5.07. The number of hydrogen-bond acceptors (Lipinski definition) is 6. The van der Waals surface area contributed by atoms with E-state index in [4.69, 9.17) is 43.1 Å². The normalized spacial score (nSPS) is 10.7. The highest BCUT2D eigenvalue weighted by Gasteiger charge is 2.21. The Balaban J connectivity index is 1.81. The molecule has 31 heavy (non-hydrogen) atoms. The Hall–Kier alpha value is -2.87. The molecule has 3 aromatic rings. The molecule has 0 bridgehead atoms. The molecular weight excluding hydrogens is 446 g/mol. The van der Waals surface area contributed by atoms with Gasteiger partial charge < -0.3 is 19.9 Å². The van der Waals surface area contributed by atoms with E-state index in [2.05, 4.69) is 4.98 Å². The Morgan fingerprint density at radius 1 is 1.10 bits per heavy atom. The van der Waals surface area contributed by atoms with Crippen molar-refractivity contribution in [3.05, 3.63) is 69.6 Å². The minimum Gasteiger partial charge on any atom is -0.497 e. The summed E-state index contributed by atoms with van der Waals surface area (Å²) in [6.07, 6.45) is 0. The van der Waals surface area contributed by atoms with Gasteiger partial charge in [0.2, 0.25) is 5.78 Å². The third-order valence-electron chi connectivity index (χ3n) is 4.44. The van der Waals surface area contributed by atoms with Gasteiger partial charge in [-0.1, -0.05) is 35.3 Å². The van der Waals surface area contributed by atoms with Crippen LogP contribution in [0.3, 0.4) is 0 Å². The summed E-state index contributed by atoms with van der Waals surface area (Å²) in [5, 5.41) is 0.0806. The maximum absolute atomic E-state index is 14.8. The minimum absolute atomic E-state index is 0.0249. The summed E-state index contributed by atoms with van der Waals surface area (Å²) in [6, 6.07) is 11.5. The lowest BCUT2D eigenvalue weighted by atomic mass is 10.1. The van der Waals surface area contributed by atoms with Crippen molar-refractivity contribution < 1.29 is 23.4 Å². The highest BCUT2D eigenvalue weighted by Crippen LogP contribution is 2.36. The predicted octanol–water partition coefficient (Wildman–Crippen LogP) is 5.19. The van der Waals surface area contributed by atoms with Gasteiger partial charge in [-0.25, -0.2) is 9.37 Å². The van der Waals surface area contributed by atoms with E-state index < -0.39 is 11.6 Å². The molecule has 0 aliphatic carbocycles. The fourth-order valence-corrected chi connectivity index (χ4v) is 3.27. The van der Waals surface area contributed by atoms with E-state index in [0.717, 1.165) is 5.56 Å². The van der Waals surface area contributed by atoms with Gasteiger partial charge in [0.25, 0.3) is 0 Å². The molecule has 3 rings (SSSR count). The van der Waals surface area contributed by atoms with E-state index in [1.165, 1.54) is 25.3 Å². The van der Waals surface area contributed by atoms with Crippen molar-refractivity contribution >= 4 is 34.7 Å². The fraction of sp³-hybridized carbons (Fsp3) is 0.182. The number of carbonyl (C=O) groups excluding carboxylic acids is 1. The number of nitrogens with zero attached hydrogens (tertiary/aromatic N) is 1. The maximum Gasteiger partial charge on any atom is 0.208 e. The first-order valence-electron chi connectivity index (χ1n) is 9.08. The molecule has 0 atom stereocenters. The average molecular weight is 465 g/mol. The Morgan fingerprint density at radius 3 is 2.45 bits per heavy atom. The minimum atomic E-state index is -0.724. The summed E-state index contributed by atoms with van der Waals surface area (Å²) in [5.74, 6) is -0.633. The third-order valence-corrected chi connectivity index (χ3v) is 5.13. The number of hydrogen-bond donors (Lipinski definition) is 1. The van der Waals surface area contributed by atoms with Gasteiger partial charge in [0, 0.05) is 5.56 Å². The van der Waals surface area contributed by atoms with Gasteiger partial charge in [0.15, 0.2) is 11.6 Å². The van der Waals surface area contributed by atoms with Gasteiger partial charge in [0.05, 0.1) is 42.3 Å². The molecule has 0 amide bonds.